The van der Waals surface area contributed by atoms with E-state index in [0.29, 0.717) is 5.56 Å². The fourth-order valence-corrected chi connectivity index (χ4v) is 1.50. The van der Waals surface area contributed by atoms with Gasteiger partial charge in [0.15, 0.2) is 0 Å². The molecule has 0 amide bonds. The predicted octanol–water partition coefficient (Wildman–Crippen LogP) is 1.87. The van der Waals surface area contributed by atoms with Gasteiger partial charge in [-0.2, -0.15) is 0 Å². The van der Waals surface area contributed by atoms with Gasteiger partial charge in [-0.3, -0.25) is 0 Å². The van der Waals surface area contributed by atoms with Gasteiger partial charge in [-0.15, -0.1) is 0 Å². The van der Waals surface area contributed by atoms with E-state index in [2.05, 4.69) is 24.3 Å². The topological polar surface area (TPSA) is 37.3 Å². The first-order valence-corrected chi connectivity index (χ1v) is 6.00. The SMILES string of the molecule is O=C(O)c1ccccc1.[Na][c]1ccccc1. The van der Waals surface area contributed by atoms with Crippen molar-refractivity contribution in [3.63, 3.8) is 0 Å². The van der Waals surface area contributed by atoms with Crippen LogP contribution in [0.4, 0.5) is 0 Å². The van der Waals surface area contributed by atoms with Crippen LogP contribution < -0.4 is 2.81 Å². The molecule has 3 heteroatoms. The second-order valence-corrected chi connectivity index (χ2v) is 4.48. The summed E-state index contributed by atoms with van der Waals surface area (Å²) >= 11 is 1.17. The molecule has 0 heterocycles. The maximum atomic E-state index is 10.2. The van der Waals surface area contributed by atoms with E-state index in [1.165, 1.54) is 30.7 Å². The number of aromatic carboxylic acids is 1. The van der Waals surface area contributed by atoms with Crippen molar-refractivity contribution in [2.24, 2.45) is 0 Å². The first kappa shape index (κ1) is 13.0. The van der Waals surface area contributed by atoms with Crippen LogP contribution in [-0.2, 0) is 0 Å². The molecular weight excluding hydrogens is 211 g/mol. The zero-order valence-corrected chi connectivity index (χ0v) is 11.1. The minimum absolute atomic E-state index is 0.331. The van der Waals surface area contributed by atoms with Crippen LogP contribution >= 0.6 is 0 Å². The van der Waals surface area contributed by atoms with Gasteiger partial charge in [-0.1, -0.05) is 18.2 Å². The van der Waals surface area contributed by atoms with Gasteiger partial charge in [0, 0.05) is 0 Å². The Morgan fingerprint density at radius 1 is 0.875 bits per heavy atom. The Morgan fingerprint density at radius 2 is 1.31 bits per heavy atom. The zero-order valence-electron chi connectivity index (χ0n) is 9.13. The van der Waals surface area contributed by atoms with Gasteiger partial charge in [0.1, 0.15) is 0 Å². The molecule has 0 radical (unpaired) electrons. The molecule has 0 spiro atoms. The van der Waals surface area contributed by atoms with E-state index < -0.39 is 5.97 Å². The molecule has 0 fully saturated rings. The molecule has 2 nitrogen and oxygen atoms in total. The molecule has 0 bridgehead atoms. The van der Waals surface area contributed by atoms with Gasteiger partial charge in [-0.25, -0.2) is 4.79 Å². The second kappa shape index (κ2) is 7.23. The number of hydrogen-bond acceptors (Lipinski definition) is 1. The molecule has 0 aliphatic rings. The monoisotopic (exact) mass is 222 g/mol. The number of carboxylic acid groups (broad SMARTS) is 1. The Bertz CT molecular complexity index is 426. The average Bonchev–Trinajstić information content (AvgIpc) is 2.32. The summed E-state index contributed by atoms with van der Waals surface area (Å²) in [6, 6.07) is 18.8. The van der Waals surface area contributed by atoms with E-state index in [9.17, 15) is 4.79 Å². The van der Waals surface area contributed by atoms with E-state index in [1.54, 1.807) is 30.3 Å². The summed E-state index contributed by atoms with van der Waals surface area (Å²) in [5.41, 5.74) is 0.331. The first-order valence-electron chi connectivity index (χ1n) is 5.00. The van der Waals surface area contributed by atoms with Crippen LogP contribution in [0, 0.1) is 0 Å². The second-order valence-electron chi connectivity index (χ2n) is 3.33. The van der Waals surface area contributed by atoms with Gasteiger partial charge >= 0.3 is 67.0 Å². The Hall–Kier alpha value is -1.09. The summed E-state index contributed by atoms with van der Waals surface area (Å²) in [7, 11) is 0. The van der Waals surface area contributed by atoms with Crippen LogP contribution in [0.15, 0.2) is 60.7 Å². The molecule has 76 valence electrons. The zero-order chi connectivity index (χ0) is 11.8. The predicted molar refractivity (Wildman–Crippen MR) is 65.2 cm³/mol. The summed E-state index contributed by atoms with van der Waals surface area (Å²) in [6.07, 6.45) is 0. The normalized spacial score (nSPS) is 8.88. The number of carbonyl (C=O) groups is 1. The molecule has 0 saturated carbocycles. The summed E-state index contributed by atoms with van der Waals surface area (Å²) in [5.74, 6) is -0.879. The van der Waals surface area contributed by atoms with Crippen molar-refractivity contribution < 1.29 is 9.90 Å². The Balaban J connectivity index is 0.000000165. The molecule has 16 heavy (non-hydrogen) atoms. The third-order valence-corrected chi connectivity index (χ3v) is 2.63. The van der Waals surface area contributed by atoms with Crippen molar-refractivity contribution in [1.29, 1.82) is 0 Å². The van der Waals surface area contributed by atoms with Crippen molar-refractivity contribution in [3.05, 3.63) is 66.2 Å². The molecule has 0 aliphatic heterocycles. The van der Waals surface area contributed by atoms with E-state index in [4.69, 9.17) is 5.11 Å². The number of benzene rings is 2. The maximum absolute atomic E-state index is 10.2. The molecule has 0 unspecified atom stereocenters. The van der Waals surface area contributed by atoms with Gasteiger partial charge < -0.3 is 5.11 Å². The summed E-state index contributed by atoms with van der Waals surface area (Å²) < 4.78 is 1.46. The molecule has 0 atom stereocenters. The number of rotatable bonds is 1. The van der Waals surface area contributed by atoms with Crippen LogP contribution in [0.2, 0.25) is 0 Å². The number of hydrogen-bond donors (Lipinski definition) is 1. The Kier molecular flexibility index (Phi) is 5.86. The summed E-state index contributed by atoms with van der Waals surface area (Å²) in [6.45, 7) is 0. The summed E-state index contributed by atoms with van der Waals surface area (Å²) in [5, 5.41) is 8.38. The Labute approximate surface area is 112 Å². The third kappa shape index (κ3) is 5.12. The van der Waals surface area contributed by atoms with E-state index in [1.807, 2.05) is 6.07 Å². The Morgan fingerprint density at radius 3 is 1.56 bits per heavy atom. The molecule has 2 rings (SSSR count). The van der Waals surface area contributed by atoms with Crippen LogP contribution in [0.25, 0.3) is 0 Å². The molecule has 2 aromatic carbocycles. The van der Waals surface area contributed by atoms with Crippen LogP contribution in [0.1, 0.15) is 10.4 Å². The quantitative estimate of drug-likeness (QED) is 0.748. The van der Waals surface area contributed by atoms with Gasteiger partial charge in [0.25, 0.3) is 0 Å². The van der Waals surface area contributed by atoms with Crippen molar-refractivity contribution in [3.8, 4) is 0 Å². The van der Waals surface area contributed by atoms with Crippen molar-refractivity contribution in [1.82, 2.24) is 0 Å². The number of carboxylic acids is 1. The molecule has 0 aromatic heterocycles. The standard InChI is InChI=1S/C7H6O2.C6H5.Na/c8-7(9)6-4-2-1-3-5-6;1-2-4-6-5-3-1;/h1-5H,(H,8,9);1-5H;. The van der Waals surface area contributed by atoms with Crippen LogP contribution in [0.5, 0.6) is 0 Å². The fraction of sp³-hybridized carbons (Fsp3) is 0. The molecular formula is C13H11NaO2. The minimum atomic E-state index is -0.879. The van der Waals surface area contributed by atoms with Gasteiger partial charge in [-0.05, 0) is 12.1 Å². The molecule has 0 saturated heterocycles. The first-order chi connectivity index (χ1) is 7.70. The summed E-state index contributed by atoms with van der Waals surface area (Å²) in [4.78, 5) is 10.2. The van der Waals surface area contributed by atoms with E-state index in [0.717, 1.165) is 0 Å². The molecule has 2 aromatic rings. The van der Waals surface area contributed by atoms with Crippen LogP contribution in [-0.4, -0.2) is 39.0 Å². The van der Waals surface area contributed by atoms with Crippen molar-refractivity contribution in [2.45, 2.75) is 0 Å². The van der Waals surface area contributed by atoms with Crippen molar-refractivity contribution >= 4 is 36.7 Å². The van der Waals surface area contributed by atoms with Gasteiger partial charge in [0.2, 0.25) is 0 Å². The van der Waals surface area contributed by atoms with E-state index >= 15 is 0 Å². The molecule has 0 aliphatic carbocycles. The van der Waals surface area contributed by atoms with Gasteiger partial charge in [0.05, 0.1) is 5.56 Å². The van der Waals surface area contributed by atoms with Crippen molar-refractivity contribution in [2.75, 3.05) is 0 Å². The van der Waals surface area contributed by atoms with Crippen LogP contribution in [0.3, 0.4) is 0 Å². The fourth-order valence-electron chi connectivity index (χ4n) is 1.12. The third-order valence-electron chi connectivity index (χ3n) is 1.96. The average molecular weight is 222 g/mol. The molecule has 1 N–H and O–H groups in total. The van der Waals surface area contributed by atoms with E-state index in [-0.39, 0.29) is 0 Å².